The van der Waals surface area contributed by atoms with E-state index < -0.39 is 5.25 Å². The van der Waals surface area contributed by atoms with Gasteiger partial charge in [-0.2, -0.15) is 4.99 Å². The first-order chi connectivity index (χ1) is 15.6. The molecule has 8 heteroatoms. The molecule has 2 heterocycles. The SMILES string of the molecule is O=C(C[C@H]1SC(N2CCCCC2)=NC1=O)Nc1cccc(C(=O)NC2CCCCCC2)c1. The highest BCUT2D eigenvalue weighted by molar-refractivity contribution is 8.15. The van der Waals surface area contributed by atoms with Crippen LogP contribution in [0.4, 0.5) is 5.69 Å². The maximum absolute atomic E-state index is 12.7. The lowest BCUT2D eigenvalue weighted by Gasteiger charge is -2.27. The molecule has 1 saturated heterocycles. The molecule has 1 aromatic carbocycles. The van der Waals surface area contributed by atoms with Crippen LogP contribution >= 0.6 is 11.8 Å². The normalized spacial score (nSPS) is 22.2. The van der Waals surface area contributed by atoms with Crippen LogP contribution < -0.4 is 10.6 Å². The van der Waals surface area contributed by atoms with E-state index >= 15 is 0 Å². The van der Waals surface area contributed by atoms with E-state index in [0.717, 1.165) is 56.8 Å². The van der Waals surface area contributed by atoms with Gasteiger partial charge in [-0.1, -0.05) is 43.5 Å². The summed E-state index contributed by atoms with van der Waals surface area (Å²) in [6.45, 7) is 1.85. The van der Waals surface area contributed by atoms with Gasteiger partial charge in [-0.3, -0.25) is 14.4 Å². The Morgan fingerprint density at radius 1 is 1.03 bits per heavy atom. The van der Waals surface area contributed by atoms with E-state index in [4.69, 9.17) is 0 Å². The van der Waals surface area contributed by atoms with Crippen molar-refractivity contribution in [3.63, 3.8) is 0 Å². The Balaban J connectivity index is 1.29. The molecule has 2 aliphatic heterocycles. The lowest BCUT2D eigenvalue weighted by molar-refractivity contribution is -0.121. The van der Waals surface area contributed by atoms with Crippen molar-refractivity contribution >= 4 is 40.3 Å². The van der Waals surface area contributed by atoms with Crippen molar-refractivity contribution in [1.82, 2.24) is 10.2 Å². The number of piperidine rings is 1. The summed E-state index contributed by atoms with van der Waals surface area (Å²) in [5, 5.41) is 6.26. The molecule has 2 N–H and O–H groups in total. The molecule has 3 amide bonds. The number of aliphatic imine (C=N–C) groups is 1. The molecule has 172 valence electrons. The van der Waals surface area contributed by atoms with Gasteiger partial charge in [0.1, 0.15) is 5.25 Å². The number of anilines is 1. The van der Waals surface area contributed by atoms with E-state index in [1.165, 1.54) is 31.0 Å². The smallest absolute Gasteiger partial charge is 0.262 e. The van der Waals surface area contributed by atoms with Gasteiger partial charge in [0.05, 0.1) is 0 Å². The minimum atomic E-state index is -0.478. The molecular formula is C24H32N4O3S. The second-order valence-electron chi connectivity index (χ2n) is 8.88. The minimum absolute atomic E-state index is 0.0723. The number of carbonyl (C=O) groups excluding carboxylic acids is 3. The molecule has 2 fully saturated rings. The number of thioether (sulfide) groups is 1. The highest BCUT2D eigenvalue weighted by atomic mass is 32.2. The number of rotatable bonds is 5. The van der Waals surface area contributed by atoms with Gasteiger partial charge in [-0.15, -0.1) is 0 Å². The van der Waals surface area contributed by atoms with Gasteiger partial charge in [0, 0.05) is 36.8 Å². The Labute approximate surface area is 193 Å². The summed E-state index contributed by atoms with van der Waals surface area (Å²) in [6.07, 6.45) is 10.3. The summed E-state index contributed by atoms with van der Waals surface area (Å²) >= 11 is 1.39. The minimum Gasteiger partial charge on any atom is -0.351 e. The van der Waals surface area contributed by atoms with Crippen LogP contribution in [-0.2, 0) is 9.59 Å². The van der Waals surface area contributed by atoms with Crippen LogP contribution in [0.2, 0.25) is 0 Å². The molecule has 1 atom stereocenters. The third-order valence-corrected chi connectivity index (χ3v) is 7.54. The van der Waals surface area contributed by atoms with Crippen molar-refractivity contribution in [2.75, 3.05) is 18.4 Å². The predicted molar refractivity (Wildman–Crippen MR) is 128 cm³/mol. The molecule has 7 nitrogen and oxygen atoms in total. The summed E-state index contributed by atoms with van der Waals surface area (Å²) in [6, 6.07) is 7.22. The lowest BCUT2D eigenvalue weighted by atomic mass is 10.1. The molecule has 1 saturated carbocycles. The van der Waals surface area contributed by atoms with Crippen LogP contribution in [0.15, 0.2) is 29.3 Å². The fourth-order valence-corrected chi connectivity index (χ4v) is 5.66. The standard InChI is InChI=1S/C24H32N4O3S/c29-21(16-20-23(31)27-24(32-20)28-13-6-3-7-14-28)25-19-12-8-9-17(15-19)22(30)26-18-10-4-1-2-5-11-18/h8-9,12,15,18,20H,1-7,10-11,13-14,16H2,(H,25,29)(H,26,30)/t20-/m1/s1. The summed E-state index contributed by atoms with van der Waals surface area (Å²) in [7, 11) is 0. The number of amidine groups is 1. The van der Waals surface area contributed by atoms with E-state index in [0.29, 0.717) is 11.3 Å². The molecule has 0 aromatic heterocycles. The van der Waals surface area contributed by atoms with Gasteiger partial charge in [0.15, 0.2) is 5.17 Å². The number of amides is 3. The average Bonchev–Trinajstić information content (AvgIpc) is 2.98. The lowest BCUT2D eigenvalue weighted by Crippen LogP contribution is -2.34. The van der Waals surface area contributed by atoms with Crippen LogP contribution in [0, 0.1) is 0 Å². The Morgan fingerprint density at radius 3 is 2.50 bits per heavy atom. The van der Waals surface area contributed by atoms with Gasteiger partial charge < -0.3 is 15.5 Å². The Kier molecular flexibility index (Phi) is 7.84. The van der Waals surface area contributed by atoms with Crippen LogP contribution in [-0.4, -0.2) is 52.2 Å². The fraction of sp³-hybridized carbons (Fsp3) is 0.583. The first-order valence-corrected chi connectivity index (χ1v) is 12.7. The third-order valence-electron chi connectivity index (χ3n) is 6.33. The summed E-state index contributed by atoms with van der Waals surface area (Å²) in [5.41, 5.74) is 1.10. The summed E-state index contributed by atoms with van der Waals surface area (Å²) < 4.78 is 0. The fourth-order valence-electron chi connectivity index (χ4n) is 4.54. The molecular weight excluding hydrogens is 424 g/mol. The van der Waals surface area contributed by atoms with Crippen molar-refractivity contribution < 1.29 is 14.4 Å². The van der Waals surface area contributed by atoms with Crippen LogP contribution in [0.25, 0.3) is 0 Å². The van der Waals surface area contributed by atoms with Crippen molar-refractivity contribution in [3.05, 3.63) is 29.8 Å². The second kappa shape index (κ2) is 11.0. The monoisotopic (exact) mass is 456 g/mol. The highest BCUT2D eigenvalue weighted by Gasteiger charge is 2.33. The molecule has 0 spiro atoms. The first kappa shape index (κ1) is 22.8. The number of hydrogen-bond acceptors (Lipinski definition) is 5. The number of hydrogen-bond donors (Lipinski definition) is 2. The number of nitrogens with one attached hydrogen (secondary N) is 2. The van der Waals surface area contributed by atoms with E-state index in [9.17, 15) is 14.4 Å². The zero-order valence-corrected chi connectivity index (χ0v) is 19.3. The Bertz CT molecular complexity index is 874. The zero-order valence-electron chi connectivity index (χ0n) is 18.5. The zero-order chi connectivity index (χ0) is 22.3. The van der Waals surface area contributed by atoms with Crippen molar-refractivity contribution in [3.8, 4) is 0 Å². The van der Waals surface area contributed by atoms with Gasteiger partial charge in [-0.05, 0) is 50.3 Å². The van der Waals surface area contributed by atoms with Crippen LogP contribution in [0.3, 0.4) is 0 Å². The molecule has 0 bridgehead atoms. The second-order valence-corrected chi connectivity index (χ2v) is 10.1. The molecule has 3 aliphatic rings. The molecule has 1 aliphatic carbocycles. The predicted octanol–water partition coefficient (Wildman–Crippen LogP) is 3.95. The number of benzene rings is 1. The maximum atomic E-state index is 12.7. The van der Waals surface area contributed by atoms with Gasteiger partial charge >= 0.3 is 0 Å². The van der Waals surface area contributed by atoms with Crippen LogP contribution in [0.5, 0.6) is 0 Å². The Hall–Kier alpha value is -2.35. The number of nitrogens with zero attached hydrogens (tertiary/aromatic N) is 2. The molecule has 0 unspecified atom stereocenters. The van der Waals surface area contributed by atoms with E-state index in [2.05, 4.69) is 20.5 Å². The van der Waals surface area contributed by atoms with E-state index in [-0.39, 0.29) is 30.2 Å². The maximum Gasteiger partial charge on any atom is 0.262 e. The topological polar surface area (TPSA) is 90.9 Å². The number of carbonyl (C=O) groups is 3. The summed E-state index contributed by atoms with van der Waals surface area (Å²) in [4.78, 5) is 43.9. The van der Waals surface area contributed by atoms with Crippen molar-refractivity contribution in [2.45, 2.75) is 75.5 Å². The Morgan fingerprint density at radius 2 is 1.75 bits per heavy atom. The largest absolute Gasteiger partial charge is 0.351 e. The molecule has 4 rings (SSSR count). The van der Waals surface area contributed by atoms with Crippen LogP contribution in [0.1, 0.15) is 74.6 Å². The van der Waals surface area contributed by atoms with Gasteiger partial charge in [0.2, 0.25) is 5.91 Å². The summed E-state index contributed by atoms with van der Waals surface area (Å²) in [5.74, 6) is -0.580. The number of likely N-dealkylation sites (tertiary alicyclic amines) is 1. The molecule has 0 radical (unpaired) electrons. The quantitative estimate of drug-likeness (QED) is 0.655. The highest BCUT2D eigenvalue weighted by Crippen LogP contribution is 2.29. The van der Waals surface area contributed by atoms with E-state index in [1.54, 1.807) is 24.3 Å². The van der Waals surface area contributed by atoms with Crippen molar-refractivity contribution in [2.24, 2.45) is 4.99 Å². The third kappa shape index (κ3) is 6.12. The van der Waals surface area contributed by atoms with Crippen molar-refractivity contribution in [1.29, 1.82) is 0 Å². The van der Waals surface area contributed by atoms with E-state index in [1.807, 2.05) is 0 Å². The first-order valence-electron chi connectivity index (χ1n) is 11.8. The van der Waals surface area contributed by atoms with Gasteiger partial charge in [-0.25, -0.2) is 0 Å². The molecule has 1 aromatic rings. The average molecular weight is 457 g/mol. The molecule has 32 heavy (non-hydrogen) atoms. The van der Waals surface area contributed by atoms with Gasteiger partial charge in [0.25, 0.3) is 11.8 Å².